The van der Waals surface area contributed by atoms with E-state index in [1.807, 2.05) is 0 Å². The Morgan fingerprint density at radius 3 is 2.62 bits per heavy atom. The molecular weight excluding hydrogens is 288 g/mol. The first-order valence-corrected chi connectivity index (χ1v) is 7.95. The maximum atomic E-state index is 12.0. The maximum Gasteiger partial charge on any atom is 0.220 e. The smallest absolute Gasteiger partial charge is 0.220 e. The molecule has 1 rings (SSSR count). The van der Waals surface area contributed by atoms with Crippen molar-refractivity contribution in [2.45, 2.75) is 59.5 Å². The number of hydrogen-bond donors (Lipinski definition) is 3. The third kappa shape index (κ3) is 8.64. The Morgan fingerprint density at radius 2 is 2.10 bits per heavy atom. The number of piperidine rings is 1. The van der Waals surface area contributed by atoms with Gasteiger partial charge in [-0.2, -0.15) is 0 Å². The number of aliphatic hydroxyl groups excluding tert-OH is 1. The Bertz CT molecular complexity index is 303. The minimum absolute atomic E-state index is 0. The van der Waals surface area contributed by atoms with Crippen LogP contribution in [0.3, 0.4) is 0 Å². The minimum atomic E-state index is -0.325. The van der Waals surface area contributed by atoms with Gasteiger partial charge in [0.2, 0.25) is 5.91 Å². The van der Waals surface area contributed by atoms with E-state index in [2.05, 4.69) is 31.4 Å². The molecule has 1 aliphatic rings. The second-order valence-electron chi connectivity index (χ2n) is 7.28. The van der Waals surface area contributed by atoms with Gasteiger partial charge in [-0.1, -0.05) is 20.8 Å². The van der Waals surface area contributed by atoms with Gasteiger partial charge in [-0.15, -0.1) is 12.4 Å². The first kappa shape index (κ1) is 20.7. The summed E-state index contributed by atoms with van der Waals surface area (Å²) in [6.07, 6.45) is 3.44. The van der Waals surface area contributed by atoms with Crippen molar-refractivity contribution in [1.82, 2.24) is 10.6 Å². The van der Waals surface area contributed by atoms with Crippen molar-refractivity contribution in [3.05, 3.63) is 0 Å². The van der Waals surface area contributed by atoms with Crippen LogP contribution in [-0.4, -0.2) is 36.8 Å². The molecule has 1 amide bonds. The molecule has 0 aliphatic carbocycles. The lowest BCUT2D eigenvalue weighted by Gasteiger charge is -2.29. The van der Waals surface area contributed by atoms with E-state index in [4.69, 9.17) is 0 Å². The standard InChI is InChI=1S/C16H32N2O2.ClH/c1-12(14-6-5-7-17-10-14)8-15(20)18-11-16(3,4)9-13(2)19;/h12-14,17,19H,5-11H2,1-4H3,(H,18,20);1H. The van der Waals surface area contributed by atoms with Gasteiger partial charge in [0.05, 0.1) is 6.10 Å². The maximum absolute atomic E-state index is 12.0. The normalized spacial score (nSPS) is 22.0. The fourth-order valence-corrected chi connectivity index (χ4v) is 3.11. The molecule has 3 N–H and O–H groups in total. The SMILES string of the molecule is CC(O)CC(C)(C)CNC(=O)CC(C)C1CCCNC1.Cl. The molecule has 1 heterocycles. The van der Waals surface area contributed by atoms with E-state index in [1.165, 1.54) is 12.8 Å². The average molecular weight is 321 g/mol. The monoisotopic (exact) mass is 320 g/mol. The van der Waals surface area contributed by atoms with E-state index in [-0.39, 0.29) is 29.8 Å². The zero-order valence-electron chi connectivity index (χ0n) is 13.9. The molecule has 0 aromatic carbocycles. The van der Waals surface area contributed by atoms with E-state index in [0.29, 0.717) is 31.2 Å². The molecule has 0 radical (unpaired) electrons. The molecule has 0 aromatic heterocycles. The van der Waals surface area contributed by atoms with Crippen LogP contribution in [0, 0.1) is 17.3 Å². The summed E-state index contributed by atoms with van der Waals surface area (Å²) >= 11 is 0. The molecule has 0 saturated carbocycles. The Morgan fingerprint density at radius 1 is 1.43 bits per heavy atom. The van der Waals surface area contributed by atoms with E-state index in [9.17, 15) is 9.90 Å². The van der Waals surface area contributed by atoms with Crippen LogP contribution >= 0.6 is 12.4 Å². The van der Waals surface area contributed by atoms with Gasteiger partial charge in [-0.05, 0) is 56.5 Å². The predicted molar refractivity (Wildman–Crippen MR) is 89.7 cm³/mol. The Labute approximate surface area is 135 Å². The molecule has 0 aromatic rings. The molecule has 5 heteroatoms. The first-order valence-electron chi connectivity index (χ1n) is 7.95. The molecule has 0 bridgehead atoms. The topological polar surface area (TPSA) is 61.4 Å². The molecule has 1 aliphatic heterocycles. The quantitative estimate of drug-likeness (QED) is 0.675. The number of aliphatic hydroxyl groups is 1. The Hall–Kier alpha value is -0.320. The summed E-state index contributed by atoms with van der Waals surface area (Å²) in [5, 5.41) is 15.9. The van der Waals surface area contributed by atoms with E-state index >= 15 is 0 Å². The number of nitrogens with one attached hydrogen (secondary N) is 2. The molecular formula is C16H33ClN2O2. The van der Waals surface area contributed by atoms with Gasteiger partial charge in [0, 0.05) is 13.0 Å². The largest absolute Gasteiger partial charge is 0.393 e. The molecule has 1 fully saturated rings. The summed E-state index contributed by atoms with van der Waals surface area (Å²) in [5.74, 6) is 1.20. The predicted octanol–water partition coefficient (Wildman–Crippen LogP) is 2.35. The third-order valence-electron chi connectivity index (χ3n) is 4.26. The van der Waals surface area contributed by atoms with Gasteiger partial charge in [0.15, 0.2) is 0 Å². The number of halogens is 1. The number of rotatable bonds is 7. The molecule has 3 atom stereocenters. The molecule has 3 unspecified atom stereocenters. The van der Waals surface area contributed by atoms with Crippen LogP contribution in [0.4, 0.5) is 0 Å². The molecule has 0 spiro atoms. The lowest BCUT2D eigenvalue weighted by Crippen LogP contribution is -2.38. The lowest BCUT2D eigenvalue weighted by atomic mass is 9.84. The zero-order valence-corrected chi connectivity index (χ0v) is 14.8. The van der Waals surface area contributed by atoms with Gasteiger partial charge in [0.25, 0.3) is 0 Å². The van der Waals surface area contributed by atoms with Crippen molar-refractivity contribution in [3.8, 4) is 0 Å². The van der Waals surface area contributed by atoms with Crippen molar-refractivity contribution in [2.24, 2.45) is 17.3 Å². The first-order chi connectivity index (χ1) is 9.30. The van der Waals surface area contributed by atoms with E-state index in [0.717, 1.165) is 13.1 Å². The third-order valence-corrected chi connectivity index (χ3v) is 4.26. The molecule has 4 nitrogen and oxygen atoms in total. The van der Waals surface area contributed by atoms with Crippen LogP contribution in [0.25, 0.3) is 0 Å². The van der Waals surface area contributed by atoms with Crippen LogP contribution in [0.2, 0.25) is 0 Å². The van der Waals surface area contributed by atoms with Gasteiger partial charge in [-0.25, -0.2) is 0 Å². The lowest BCUT2D eigenvalue weighted by molar-refractivity contribution is -0.122. The van der Waals surface area contributed by atoms with Crippen LogP contribution in [-0.2, 0) is 4.79 Å². The highest BCUT2D eigenvalue weighted by molar-refractivity contribution is 5.85. The number of amides is 1. The Balaban J connectivity index is 0.00000400. The molecule has 126 valence electrons. The minimum Gasteiger partial charge on any atom is -0.393 e. The highest BCUT2D eigenvalue weighted by Crippen LogP contribution is 2.23. The van der Waals surface area contributed by atoms with Crippen molar-refractivity contribution in [3.63, 3.8) is 0 Å². The van der Waals surface area contributed by atoms with Crippen LogP contribution < -0.4 is 10.6 Å². The summed E-state index contributed by atoms with van der Waals surface area (Å²) in [5.41, 5.74) is -0.0561. The van der Waals surface area contributed by atoms with Crippen LogP contribution in [0.5, 0.6) is 0 Å². The van der Waals surface area contributed by atoms with Gasteiger partial charge < -0.3 is 15.7 Å². The molecule has 1 saturated heterocycles. The fraction of sp³-hybridized carbons (Fsp3) is 0.938. The van der Waals surface area contributed by atoms with Gasteiger partial charge in [0.1, 0.15) is 0 Å². The summed E-state index contributed by atoms with van der Waals surface area (Å²) < 4.78 is 0. The van der Waals surface area contributed by atoms with Crippen molar-refractivity contribution < 1.29 is 9.90 Å². The summed E-state index contributed by atoms with van der Waals surface area (Å²) in [4.78, 5) is 12.0. The van der Waals surface area contributed by atoms with E-state index in [1.54, 1.807) is 6.92 Å². The van der Waals surface area contributed by atoms with Crippen molar-refractivity contribution in [1.29, 1.82) is 0 Å². The number of carbonyl (C=O) groups is 1. The highest BCUT2D eigenvalue weighted by Gasteiger charge is 2.24. The summed E-state index contributed by atoms with van der Waals surface area (Å²) in [6.45, 7) is 10.9. The van der Waals surface area contributed by atoms with Crippen molar-refractivity contribution >= 4 is 18.3 Å². The second kappa shape index (κ2) is 9.65. The average Bonchev–Trinajstić information content (AvgIpc) is 2.36. The van der Waals surface area contributed by atoms with Crippen molar-refractivity contribution in [2.75, 3.05) is 19.6 Å². The fourth-order valence-electron chi connectivity index (χ4n) is 3.11. The number of carbonyl (C=O) groups excluding carboxylic acids is 1. The number of hydrogen-bond acceptors (Lipinski definition) is 3. The summed E-state index contributed by atoms with van der Waals surface area (Å²) in [6, 6.07) is 0. The zero-order chi connectivity index (χ0) is 15.2. The highest BCUT2D eigenvalue weighted by atomic mass is 35.5. The van der Waals surface area contributed by atoms with E-state index < -0.39 is 0 Å². The second-order valence-corrected chi connectivity index (χ2v) is 7.28. The Kier molecular flexibility index (Phi) is 9.50. The van der Waals surface area contributed by atoms with Gasteiger partial charge >= 0.3 is 0 Å². The van der Waals surface area contributed by atoms with Crippen LogP contribution in [0.15, 0.2) is 0 Å². The molecule has 21 heavy (non-hydrogen) atoms. The van der Waals surface area contributed by atoms with Gasteiger partial charge in [-0.3, -0.25) is 4.79 Å². The van der Waals surface area contributed by atoms with Crippen LogP contribution in [0.1, 0.15) is 53.4 Å². The summed E-state index contributed by atoms with van der Waals surface area (Å²) in [7, 11) is 0.